The van der Waals surface area contributed by atoms with E-state index >= 15 is 0 Å². The predicted molar refractivity (Wildman–Crippen MR) is 78.0 cm³/mol. The third-order valence-electron chi connectivity index (χ3n) is 3.69. The molecule has 0 spiro atoms. The Kier molecular flexibility index (Phi) is 4.65. The molecule has 0 bridgehead atoms. The smallest absolute Gasteiger partial charge is 0.317 e. The Morgan fingerprint density at radius 3 is 2.85 bits per heavy atom. The van der Waals surface area contributed by atoms with E-state index < -0.39 is 11.9 Å². The van der Waals surface area contributed by atoms with Gasteiger partial charge in [0, 0.05) is 22.8 Å². The summed E-state index contributed by atoms with van der Waals surface area (Å²) in [5.41, 5.74) is 1.24. The van der Waals surface area contributed by atoms with E-state index in [1.807, 2.05) is 0 Å². The maximum atomic E-state index is 12.1. The fourth-order valence-electron chi connectivity index (χ4n) is 2.37. The summed E-state index contributed by atoms with van der Waals surface area (Å²) >= 11 is 1.68. The van der Waals surface area contributed by atoms with E-state index in [2.05, 4.69) is 25.2 Å². The maximum absolute atomic E-state index is 12.1. The SMILES string of the molecule is Cc1cc(CNC(=O)N2CCCC(C(=O)O)C2)sc1C. The minimum atomic E-state index is -0.813. The Hall–Kier alpha value is -1.56. The third-order valence-corrected chi connectivity index (χ3v) is 4.84. The van der Waals surface area contributed by atoms with Gasteiger partial charge in [0.15, 0.2) is 0 Å². The molecule has 0 radical (unpaired) electrons. The molecule has 2 amide bonds. The maximum Gasteiger partial charge on any atom is 0.317 e. The molecular formula is C14H20N2O3S. The second-order valence-corrected chi connectivity index (χ2v) is 6.57. The number of likely N-dealkylation sites (tertiary alicyclic amines) is 1. The second kappa shape index (κ2) is 6.26. The van der Waals surface area contributed by atoms with Gasteiger partial charge in [-0.05, 0) is 38.3 Å². The molecule has 1 aromatic heterocycles. The Morgan fingerprint density at radius 1 is 1.50 bits per heavy atom. The predicted octanol–water partition coefficient (Wildman–Crippen LogP) is 2.37. The first kappa shape index (κ1) is 14.8. The summed E-state index contributed by atoms with van der Waals surface area (Å²) in [4.78, 5) is 27.0. The molecule has 5 nitrogen and oxygen atoms in total. The first-order chi connectivity index (χ1) is 9.47. The molecule has 1 fully saturated rings. The van der Waals surface area contributed by atoms with Crippen LogP contribution in [0.1, 0.15) is 28.2 Å². The highest BCUT2D eigenvalue weighted by Crippen LogP contribution is 2.21. The van der Waals surface area contributed by atoms with Gasteiger partial charge in [-0.15, -0.1) is 11.3 Å². The Bertz CT molecular complexity index is 493. The number of thiophene rings is 1. The highest BCUT2D eigenvalue weighted by molar-refractivity contribution is 7.12. The van der Waals surface area contributed by atoms with Gasteiger partial charge < -0.3 is 15.3 Å². The van der Waals surface area contributed by atoms with Gasteiger partial charge in [0.25, 0.3) is 0 Å². The fraction of sp³-hybridized carbons (Fsp3) is 0.571. The number of aliphatic carboxylic acids is 1. The first-order valence-corrected chi connectivity index (χ1v) is 7.60. The molecule has 0 saturated carbocycles. The lowest BCUT2D eigenvalue weighted by atomic mass is 9.99. The molecule has 1 saturated heterocycles. The van der Waals surface area contributed by atoms with E-state index in [1.165, 1.54) is 10.4 Å². The fourth-order valence-corrected chi connectivity index (χ4v) is 3.37. The van der Waals surface area contributed by atoms with Crippen LogP contribution in [0.3, 0.4) is 0 Å². The summed E-state index contributed by atoms with van der Waals surface area (Å²) in [5.74, 6) is -1.24. The summed E-state index contributed by atoms with van der Waals surface area (Å²) in [7, 11) is 0. The van der Waals surface area contributed by atoms with E-state index in [-0.39, 0.29) is 6.03 Å². The number of carbonyl (C=O) groups is 2. The molecule has 1 aromatic rings. The van der Waals surface area contributed by atoms with Crippen LogP contribution in [-0.2, 0) is 11.3 Å². The molecule has 1 atom stereocenters. The van der Waals surface area contributed by atoms with Gasteiger partial charge in [0.05, 0.1) is 12.5 Å². The lowest BCUT2D eigenvalue weighted by Gasteiger charge is -2.30. The lowest BCUT2D eigenvalue weighted by molar-refractivity contribution is -0.143. The van der Waals surface area contributed by atoms with Crippen LogP contribution in [-0.4, -0.2) is 35.1 Å². The van der Waals surface area contributed by atoms with E-state index in [1.54, 1.807) is 16.2 Å². The molecule has 0 aliphatic carbocycles. The molecule has 2 N–H and O–H groups in total. The van der Waals surface area contributed by atoms with Crippen molar-refractivity contribution in [2.45, 2.75) is 33.2 Å². The van der Waals surface area contributed by atoms with Crippen molar-refractivity contribution in [2.24, 2.45) is 5.92 Å². The van der Waals surface area contributed by atoms with Crippen molar-refractivity contribution in [3.8, 4) is 0 Å². The summed E-state index contributed by atoms with van der Waals surface area (Å²) in [6.07, 6.45) is 1.41. The minimum Gasteiger partial charge on any atom is -0.481 e. The van der Waals surface area contributed by atoms with E-state index in [0.29, 0.717) is 26.1 Å². The number of carbonyl (C=O) groups excluding carboxylic acids is 1. The monoisotopic (exact) mass is 296 g/mol. The van der Waals surface area contributed by atoms with Crippen LogP contribution in [0.15, 0.2) is 6.07 Å². The minimum absolute atomic E-state index is 0.167. The number of carboxylic acid groups (broad SMARTS) is 1. The number of nitrogens with zero attached hydrogens (tertiary/aromatic N) is 1. The van der Waals surface area contributed by atoms with Crippen LogP contribution in [0.2, 0.25) is 0 Å². The number of urea groups is 1. The zero-order valence-electron chi connectivity index (χ0n) is 11.8. The summed E-state index contributed by atoms with van der Waals surface area (Å²) < 4.78 is 0. The van der Waals surface area contributed by atoms with Crippen molar-refractivity contribution >= 4 is 23.3 Å². The van der Waals surface area contributed by atoms with Crippen molar-refractivity contribution in [3.63, 3.8) is 0 Å². The molecule has 2 heterocycles. The number of hydrogen-bond acceptors (Lipinski definition) is 3. The molecule has 1 aliphatic rings. The van der Waals surface area contributed by atoms with Crippen molar-refractivity contribution in [1.82, 2.24) is 10.2 Å². The van der Waals surface area contributed by atoms with Crippen LogP contribution < -0.4 is 5.32 Å². The van der Waals surface area contributed by atoms with Crippen LogP contribution in [0, 0.1) is 19.8 Å². The molecule has 1 unspecified atom stereocenters. The van der Waals surface area contributed by atoms with Gasteiger partial charge in [0.2, 0.25) is 0 Å². The third kappa shape index (κ3) is 3.50. The first-order valence-electron chi connectivity index (χ1n) is 6.79. The average molecular weight is 296 g/mol. The largest absolute Gasteiger partial charge is 0.481 e. The Morgan fingerprint density at radius 2 is 2.25 bits per heavy atom. The van der Waals surface area contributed by atoms with Gasteiger partial charge >= 0.3 is 12.0 Å². The van der Waals surface area contributed by atoms with Gasteiger partial charge in [-0.2, -0.15) is 0 Å². The number of rotatable bonds is 3. The quantitative estimate of drug-likeness (QED) is 0.899. The van der Waals surface area contributed by atoms with Crippen molar-refractivity contribution < 1.29 is 14.7 Å². The Balaban J connectivity index is 1.86. The number of hydrogen-bond donors (Lipinski definition) is 2. The lowest BCUT2D eigenvalue weighted by Crippen LogP contribution is -2.46. The van der Waals surface area contributed by atoms with Gasteiger partial charge in [-0.25, -0.2) is 4.79 Å². The van der Waals surface area contributed by atoms with Gasteiger partial charge in [0.1, 0.15) is 0 Å². The van der Waals surface area contributed by atoms with Crippen LogP contribution in [0.25, 0.3) is 0 Å². The normalized spacial score (nSPS) is 18.9. The Labute approximate surface area is 122 Å². The molecular weight excluding hydrogens is 276 g/mol. The zero-order valence-corrected chi connectivity index (χ0v) is 12.6. The number of piperidine rings is 1. The summed E-state index contributed by atoms with van der Waals surface area (Å²) in [6, 6.07) is 1.91. The molecule has 110 valence electrons. The van der Waals surface area contributed by atoms with E-state index in [9.17, 15) is 9.59 Å². The molecule has 20 heavy (non-hydrogen) atoms. The van der Waals surface area contributed by atoms with Crippen molar-refractivity contribution in [2.75, 3.05) is 13.1 Å². The molecule has 2 rings (SSSR count). The second-order valence-electron chi connectivity index (χ2n) is 5.23. The van der Waals surface area contributed by atoms with Gasteiger partial charge in [-0.1, -0.05) is 0 Å². The number of amides is 2. The summed E-state index contributed by atoms with van der Waals surface area (Å²) in [6.45, 7) is 5.57. The zero-order chi connectivity index (χ0) is 14.7. The highest BCUT2D eigenvalue weighted by Gasteiger charge is 2.27. The number of carboxylic acids is 1. The standard InChI is InChI=1S/C14H20N2O3S/c1-9-6-12(20-10(9)2)7-15-14(19)16-5-3-4-11(8-16)13(17)18/h6,11H,3-5,7-8H2,1-2H3,(H,15,19)(H,17,18). The average Bonchev–Trinajstić information content (AvgIpc) is 2.75. The van der Waals surface area contributed by atoms with E-state index in [4.69, 9.17) is 5.11 Å². The topological polar surface area (TPSA) is 69.6 Å². The number of aryl methyl sites for hydroxylation is 2. The van der Waals surface area contributed by atoms with Gasteiger partial charge in [-0.3, -0.25) is 4.79 Å². The molecule has 0 aromatic carbocycles. The summed E-state index contributed by atoms with van der Waals surface area (Å²) in [5, 5.41) is 11.9. The van der Waals surface area contributed by atoms with Crippen molar-refractivity contribution in [3.05, 3.63) is 21.4 Å². The van der Waals surface area contributed by atoms with Crippen molar-refractivity contribution in [1.29, 1.82) is 0 Å². The molecule has 1 aliphatic heterocycles. The van der Waals surface area contributed by atoms with Crippen LogP contribution >= 0.6 is 11.3 Å². The van der Waals surface area contributed by atoms with Crippen LogP contribution in [0.5, 0.6) is 0 Å². The highest BCUT2D eigenvalue weighted by atomic mass is 32.1. The molecule has 6 heteroatoms. The number of nitrogens with one attached hydrogen (secondary N) is 1. The van der Waals surface area contributed by atoms with Crippen LogP contribution in [0.4, 0.5) is 4.79 Å². The van der Waals surface area contributed by atoms with E-state index in [0.717, 1.165) is 11.3 Å².